The molecule has 0 radical (unpaired) electrons. The molecule has 0 bridgehead atoms. The zero-order valence-electron chi connectivity index (χ0n) is 11.2. The Morgan fingerprint density at radius 3 is 2.79 bits per heavy atom. The number of rotatable bonds is 2. The molecule has 1 saturated heterocycles. The van der Waals surface area contributed by atoms with Crippen LogP contribution in [0.2, 0.25) is 0 Å². The zero-order valence-corrected chi connectivity index (χ0v) is 11.2. The summed E-state index contributed by atoms with van der Waals surface area (Å²) < 4.78 is 0. The molecule has 2 amide bonds. The summed E-state index contributed by atoms with van der Waals surface area (Å²) in [4.78, 5) is 25.1. The van der Waals surface area contributed by atoms with Gasteiger partial charge in [-0.25, -0.2) is 9.59 Å². The molecule has 1 heterocycles. The Morgan fingerprint density at radius 2 is 2.11 bits per heavy atom. The van der Waals surface area contributed by atoms with E-state index in [1.807, 2.05) is 0 Å². The first-order chi connectivity index (χ1) is 9.15. The minimum atomic E-state index is -0.897. The number of likely N-dealkylation sites (tertiary alicyclic amines) is 1. The highest BCUT2D eigenvalue weighted by Gasteiger charge is 2.47. The minimum Gasteiger partial charge on any atom is -0.480 e. The van der Waals surface area contributed by atoms with E-state index in [1.165, 1.54) is 0 Å². The maximum Gasteiger partial charge on any atom is 0.326 e. The lowest BCUT2D eigenvalue weighted by atomic mass is 9.85. The highest BCUT2D eigenvalue weighted by atomic mass is 16.4. The molecule has 3 unspecified atom stereocenters. The lowest BCUT2D eigenvalue weighted by Crippen LogP contribution is -2.50. The molecule has 0 aromatic heterocycles. The van der Waals surface area contributed by atoms with Crippen LogP contribution in [0.15, 0.2) is 0 Å². The van der Waals surface area contributed by atoms with Crippen molar-refractivity contribution in [3.8, 4) is 11.8 Å². The number of hydrogen-bond acceptors (Lipinski definition) is 2. The fraction of sp³-hybridized carbons (Fsp3) is 0.714. The van der Waals surface area contributed by atoms with E-state index in [-0.39, 0.29) is 18.6 Å². The van der Waals surface area contributed by atoms with Crippen LogP contribution < -0.4 is 5.32 Å². The van der Waals surface area contributed by atoms with Gasteiger partial charge >= 0.3 is 12.0 Å². The number of hydrogen-bond donors (Lipinski definition) is 2. The van der Waals surface area contributed by atoms with Gasteiger partial charge in [0.05, 0.1) is 6.54 Å². The summed E-state index contributed by atoms with van der Waals surface area (Å²) in [5.74, 6) is 4.92. The Labute approximate surface area is 113 Å². The first kappa shape index (κ1) is 13.7. The number of urea groups is 1. The average Bonchev–Trinajstić information content (AvgIpc) is 2.78. The fourth-order valence-electron chi connectivity index (χ4n) is 3.27. The molecule has 1 aliphatic heterocycles. The number of fused-ring (bicyclic) bond motifs is 1. The van der Waals surface area contributed by atoms with Gasteiger partial charge < -0.3 is 15.3 Å². The van der Waals surface area contributed by atoms with Gasteiger partial charge in [0.1, 0.15) is 6.04 Å². The first-order valence-corrected chi connectivity index (χ1v) is 6.83. The number of carboxylic acid groups (broad SMARTS) is 1. The molecule has 2 fully saturated rings. The third kappa shape index (κ3) is 2.83. The summed E-state index contributed by atoms with van der Waals surface area (Å²) in [6.45, 7) is 1.98. The summed E-state index contributed by atoms with van der Waals surface area (Å²) in [6.07, 6.45) is 4.76. The molecular formula is C14H20N2O3. The second kappa shape index (κ2) is 5.96. The molecule has 2 aliphatic rings. The van der Waals surface area contributed by atoms with Crippen LogP contribution in [0.5, 0.6) is 0 Å². The van der Waals surface area contributed by atoms with E-state index in [1.54, 1.807) is 11.8 Å². The van der Waals surface area contributed by atoms with E-state index in [0.717, 1.165) is 25.7 Å². The van der Waals surface area contributed by atoms with Crippen molar-refractivity contribution in [3.63, 3.8) is 0 Å². The van der Waals surface area contributed by atoms with Gasteiger partial charge in [-0.1, -0.05) is 18.8 Å². The maximum atomic E-state index is 12.2. The standard InChI is InChI=1S/C14H20N2O3/c1-2-3-8-15-14(19)16-11-7-5-4-6-10(11)9-12(16)13(17)18/h10-12H,4-9H2,1H3,(H,15,19)(H,17,18). The van der Waals surface area contributed by atoms with E-state index < -0.39 is 12.0 Å². The van der Waals surface area contributed by atoms with Crippen LogP contribution in [0.25, 0.3) is 0 Å². The van der Waals surface area contributed by atoms with Crippen molar-refractivity contribution in [2.75, 3.05) is 6.54 Å². The molecule has 5 heteroatoms. The van der Waals surface area contributed by atoms with E-state index in [2.05, 4.69) is 17.2 Å². The third-order valence-corrected chi connectivity index (χ3v) is 4.11. The monoisotopic (exact) mass is 264 g/mol. The first-order valence-electron chi connectivity index (χ1n) is 6.83. The van der Waals surface area contributed by atoms with Crippen LogP contribution in [0.3, 0.4) is 0 Å². The molecule has 19 heavy (non-hydrogen) atoms. The van der Waals surface area contributed by atoms with Gasteiger partial charge in [0.15, 0.2) is 0 Å². The molecule has 2 rings (SSSR count). The van der Waals surface area contributed by atoms with Gasteiger partial charge in [0.2, 0.25) is 0 Å². The number of carbonyl (C=O) groups is 2. The number of carbonyl (C=O) groups excluding carboxylic acids is 1. The van der Waals surface area contributed by atoms with Crippen LogP contribution >= 0.6 is 0 Å². The van der Waals surface area contributed by atoms with Crippen molar-refractivity contribution < 1.29 is 14.7 Å². The van der Waals surface area contributed by atoms with Gasteiger partial charge in [-0.15, -0.1) is 5.92 Å². The molecule has 0 aromatic rings. The molecule has 0 spiro atoms. The van der Waals surface area contributed by atoms with Crippen molar-refractivity contribution in [1.29, 1.82) is 0 Å². The molecule has 104 valence electrons. The maximum absolute atomic E-state index is 12.2. The Morgan fingerprint density at radius 1 is 1.37 bits per heavy atom. The average molecular weight is 264 g/mol. The van der Waals surface area contributed by atoms with E-state index in [4.69, 9.17) is 0 Å². The van der Waals surface area contributed by atoms with Crippen molar-refractivity contribution in [2.24, 2.45) is 5.92 Å². The second-order valence-electron chi connectivity index (χ2n) is 5.19. The Bertz CT molecular complexity index is 424. The van der Waals surface area contributed by atoms with Gasteiger partial charge in [0, 0.05) is 6.04 Å². The summed E-state index contributed by atoms with van der Waals surface area (Å²) in [5.41, 5.74) is 0. The number of aliphatic carboxylic acids is 1. The van der Waals surface area contributed by atoms with Gasteiger partial charge in [-0.2, -0.15) is 0 Å². The molecular weight excluding hydrogens is 244 g/mol. The smallest absolute Gasteiger partial charge is 0.326 e. The zero-order chi connectivity index (χ0) is 13.8. The van der Waals surface area contributed by atoms with Crippen LogP contribution in [0.4, 0.5) is 4.79 Å². The molecule has 1 saturated carbocycles. The topological polar surface area (TPSA) is 69.6 Å². The quantitative estimate of drug-likeness (QED) is 0.741. The van der Waals surface area contributed by atoms with Crippen molar-refractivity contribution in [1.82, 2.24) is 10.2 Å². The largest absolute Gasteiger partial charge is 0.480 e. The molecule has 1 aliphatic carbocycles. The lowest BCUT2D eigenvalue weighted by Gasteiger charge is -2.32. The van der Waals surface area contributed by atoms with Crippen LogP contribution in [0.1, 0.15) is 39.0 Å². The molecule has 2 N–H and O–H groups in total. The van der Waals surface area contributed by atoms with Crippen LogP contribution in [-0.2, 0) is 4.79 Å². The van der Waals surface area contributed by atoms with Crippen molar-refractivity contribution in [2.45, 2.75) is 51.1 Å². The highest BCUT2D eigenvalue weighted by Crippen LogP contribution is 2.39. The van der Waals surface area contributed by atoms with E-state index in [9.17, 15) is 14.7 Å². The lowest BCUT2D eigenvalue weighted by molar-refractivity contribution is -0.141. The van der Waals surface area contributed by atoms with E-state index >= 15 is 0 Å². The summed E-state index contributed by atoms with van der Waals surface area (Å²) in [7, 11) is 0. The number of amides is 2. The van der Waals surface area contributed by atoms with Crippen molar-refractivity contribution >= 4 is 12.0 Å². The second-order valence-corrected chi connectivity index (χ2v) is 5.19. The summed E-state index contributed by atoms with van der Waals surface area (Å²) >= 11 is 0. The molecule has 5 nitrogen and oxygen atoms in total. The SMILES string of the molecule is CC#CCNC(=O)N1C(C(=O)O)CC2CCCCC21. The fourth-order valence-corrected chi connectivity index (χ4v) is 3.27. The summed E-state index contributed by atoms with van der Waals surface area (Å²) in [6, 6.07) is -0.878. The number of nitrogens with one attached hydrogen (secondary N) is 1. The predicted octanol–water partition coefficient (Wildman–Crippen LogP) is 1.44. The van der Waals surface area contributed by atoms with Crippen molar-refractivity contribution in [3.05, 3.63) is 0 Å². The van der Waals surface area contributed by atoms with E-state index in [0.29, 0.717) is 12.3 Å². The Balaban J connectivity index is 2.09. The van der Waals surface area contributed by atoms with Crippen LogP contribution in [-0.4, -0.2) is 40.6 Å². The highest BCUT2D eigenvalue weighted by molar-refractivity contribution is 5.84. The number of nitrogens with zero attached hydrogens (tertiary/aromatic N) is 1. The van der Waals surface area contributed by atoms with Gasteiger partial charge in [-0.05, 0) is 32.1 Å². The number of carboxylic acids is 1. The van der Waals surface area contributed by atoms with Gasteiger partial charge in [-0.3, -0.25) is 0 Å². The Hall–Kier alpha value is -1.70. The minimum absolute atomic E-state index is 0.0874. The predicted molar refractivity (Wildman–Crippen MR) is 70.5 cm³/mol. The summed E-state index contributed by atoms with van der Waals surface area (Å²) in [5, 5.41) is 12.0. The molecule has 3 atom stereocenters. The van der Waals surface area contributed by atoms with Crippen LogP contribution in [0, 0.1) is 17.8 Å². The van der Waals surface area contributed by atoms with Gasteiger partial charge in [0.25, 0.3) is 0 Å². The molecule has 0 aromatic carbocycles. The normalized spacial score (nSPS) is 29.1. The Kier molecular flexibility index (Phi) is 4.31. The third-order valence-electron chi connectivity index (χ3n) is 4.11.